The van der Waals surface area contributed by atoms with Crippen LogP contribution in [0, 0.1) is 6.92 Å². The number of aromatic amines is 1. The quantitative estimate of drug-likeness (QED) is 0.372. The number of H-pyrrole nitrogens is 1. The van der Waals surface area contributed by atoms with Crippen LogP contribution in [0.15, 0.2) is 54.6 Å². The van der Waals surface area contributed by atoms with Gasteiger partial charge in [0, 0.05) is 5.56 Å². The monoisotopic (exact) mass is 420 g/mol. The SMILES string of the molecule is Cc1ccc(Oc2nc3cc(-c4ccccc4C(C)C)c(Cl)cc3[nH]2)cc1C(=O)O. The summed E-state index contributed by atoms with van der Waals surface area (Å²) in [7, 11) is 0. The van der Waals surface area contributed by atoms with E-state index < -0.39 is 5.97 Å². The normalized spacial score (nSPS) is 11.2. The number of aromatic nitrogens is 2. The van der Waals surface area contributed by atoms with Gasteiger partial charge in [-0.3, -0.25) is 0 Å². The molecule has 0 bridgehead atoms. The van der Waals surface area contributed by atoms with Crippen molar-refractivity contribution < 1.29 is 14.6 Å². The molecule has 1 heterocycles. The number of carboxylic acid groups (broad SMARTS) is 1. The van der Waals surface area contributed by atoms with E-state index in [1.54, 1.807) is 19.1 Å². The van der Waals surface area contributed by atoms with E-state index >= 15 is 0 Å². The number of carbonyl (C=O) groups is 1. The van der Waals surface area contributed by atoms with Crippen LogP contribution in [0.25, 0.3) is 22.2 Å². The van der Waals surface area contributed by atoms with E-state index in [1.807, 2.05) is 24.3 Å². The van der Waals surface area contributed by atoms with Gasteiger partial charge in [0.15, 0.2) is 0 Å². The molecule has 1 aromatic heterocycles. The molecule has 0 aliphatic heterocycles. The van der Waals surface area contributed by atoms with E-state index in [0.29, 0.717) is 27.8 Å². The average molecular weight is 421 g/mol. The fourth-order valence-corrected chi connectivity index (χ4v) is 3.78. The molecule has 0 aliphatic carbocycles. The van der Waals surface area contributed by atoms with Crippen LogP contribution in [-0.4, -0.2) is 21.0 Å². The molecule has 0 radical (unpaired) electrons. The number of nitrogens with zero attached hydrogens (tertiary/aromatic N) is 1. The first-order valence-corrected chi connectivity index (χ1v) is 10.0. The van der Waals surface area contributed by atoms with E-state index in [9.17, 15) is 9.90 Å². The molecule has 30 heavy (non-hydrogen) atoms. The zero-order chi connectivity index (χ0) is 21.4. The zero-order valence-electron chi connectivity index (χ0n) is 16.9. The maximum Gasteiger partial charge on any atom is 0.336 e. The minimum Gasteiger partial charge on any atom is -0.478 e. The number of aromatic carboxylic acids is 1. The summed E-state index contributed by atoms with van der Waals surface area (Å²) >= 11 is 6.60. The molecular weight excluding hydrogens is 400 g/mol. The Morgan fingerprint density at radius 1 is 1.10 bits per heavy atom. The first-order chi connectivity index (χ1) is 14.3. The van der Waals surface area contributed by atoms with E-state index in [-0.39, 0.29) is 11.6 Å². The summed E-state index contributed by atoms with van der Waals surface area (Å²) in [6.07, 6.45) is 0. The Bertz CT molecular complexity index is 1260. The van der Waals surface area contributed by atoms with Crippen molar-refractivity contribution in [3.8, 4) is 22.9 Å². The second-order valence-corrected chi connectivity index (χ2v) is 7.92. The lowest BCUT2D eigenvalue weighted by atomic mass is 9.92. The lowest BCUT2D eigenvalue weighted by Gasteiger charge is -2.14. The van der Waals surface area contributed by atoms with Crippen LogP contribution in [0.3, 0.4) is 0 Å². The van der Waals surface area contributed by atoms with Crippen molar-refractivity contribution >= 4 is 28.6 Å². The molecule has 4 rings (SSSR count). The summed E-state index contributed by atoms with van der Waals surface area (Å²) < 4.78 is 5.78. The number of benzene rings is 3. The number of hydrogen-bond donors (Lipinski definition) is 2. The molecule has 4 aromatic rings. The molecule has 0 saturated carbocycles. The second kappa shape index (κ2) is 7.84. The van der Waals surface area contributed by atoms with Crippen molar-refractivity contribution in [3.05, 3.63) is 76.3 Å². The Morgan fingerprint density at radius 3 is 2.60 bits per heavy atom. The van der Waals surface area contributed by atoms with Crippen molar-refractivity contribution in [3.63, 3.8) is 0 Å². The van der Waals surface area contributed by atoms with Gasteiger partial charge in [0.1, 0.15) is 5.75 Å². The molecule has 0 aliphatic rings. The minimum atomic E-state index is -0.997. The van der Waals surface area contributed by atoms with Crippen LogP contribution in [0.1, 0.15) is 41.3 Å². The van der Waals surface area contributed by atoms with Gasteiger partial charge in [-0.15, -0.1) is 0 Å². The van der Waals surface area contributed by atoms with Crippen LogP contribution >= 0.6 is 11.6 Å². The summed E-state index contributed by atoms with van der Waals surface area (Å²) in [5, 5.41) is 9.93. The van der Waals surface area contributed by atoms with Crippen molar-refractivity contribution in [2.24, 2.45) is 0 Å². The summed E-state index contributed by atoms with van der Waals surface area (Å²) in [6.45, 7) is 6.05. The molecule has 0 spiro atoms. The van der Waals surface area contributed by atoms with Gasteiger partial charge in [-0.1, -0.05) is 55.8 Å². The van der Waals surface area contributed by atoms with Gasteiger partial charge >= 0.3 is 5.97 Å². The molecule has 5 nitrogen and oxygen atoms in total. The van der Waals surface area contributed by atoms with Gasteiger partial charge in [0.2, 0.25) is 0 Å². The first-order valence-electron chi connectivity index (χ1n) is 9.64. The number of hydrogen-bond acceptors (Lipinski definition) is 3. The third-order valence-corrected chi connectivity index (χ3v) is 5.39. The number of ether oxygens (including phenoxy) is 1. The van der Waals surface area contributed by atoms with Crippen molar-refractivity contribution in [1.82, 2.24) is 9.97 Å². The zero-order valence-corrected chi connectivity index (χ0v) is 17.6. The standard InChI is InChI=1S/C24H21ClN2O3/c1-13(2)16-6-4-5-7-17(16)19-11-21-22(12-20(19)25)27-24(26-21)30-15-9-8-14(3)18(10-15)23(28)29/h4-13H,1-3H3,(H,26,27)(H,28,29). The molecule has 6 heteroatoms. The van der Waals surface area contributed by atoms with Crippen LogP contribution in [-0.2, 0) is 0 Å². The highest BCUT2D eigenvalue weighted by Crippen LogP contribution is 2.36. The Balaban J connectivity index is 1.73. The molecule has 152 valence electrons. The Hall–Kier alpha value is -3.31. The summed E-state index contributed by atoms with van der Waals surface area (Å²) in [5.41, 5.74) is 5.52. The maximum absolute atomic E-state index is 11.4. The molecule has 0 fully saturated rings. The fourth-order valence-electron chi connectivity index (χ4n) is 3.51. The van der Waals surface area contributed by atoms with E-state index in [4.69, 9.17) is 16.3 Å². The summed E-state index contributed by atoms with van der Waals surface area (Å²) in [5.74, 6) is -0.243. The highest BCUT2D eigenvalue weighted by atomic mass is 35.5. The van der Waals surface area contributed by atoms with E-state index in [1.165, 1.54) is 11.6 Å². The average Bonchev–Trinajstić information content (AvgIpc) is 3.09. The number of imidazole rings is 1. The van der Waals surface area contributed by atoms with Gasteiger partial charge in [0.25, 0.3) is 6.01 Å². The minimum absolute atomic E-state index is 0.194. The van der Waals surface area contributed by atoms with Crippen molar-refractivity contribution in [2.75, 3.05) is 0 Å². The molecule has 0 amide bonds. The van der Waals surface area contributed by atoms with Gasteiger partial charge in [0.05, 0.1) is 21.6 Å². The molecule has 0 atom stereocenters. The van der Waals surface area contributed by atoms with Crippen LogP contribution in [0.4, 0.5) is 0 Å². The van der Waals surface area contributed by atoms with E-state index in [2.05, 4.69) is 35.9 Å². The number of rotatable bonds is 5. The predicted molar refractivity (Wildman–Crippen MR) is 119 cm³/mol. The number of fused-ring (bicyclic) bond motifs is 1. The molecule has 0 unspecified atom stereocenters. The number of halogens is 1. The van der Waals surface area contributed by atoms with Crippen molar-refractivity contribution in [1.29, 1.82) is 0 Å². The highest BCUT2D eigenvalue weighted by molar-refractivity contribution is 6.34. The lowest BCUT2D eigenvalue weighted by molar-refractivity contribution is 0.0695. The number of aryl methyl sites for hydroxylation is 1. The Kier molecular flexibility index (Phi) is 5.22. The largest absolute Gasteiger partial charge is 0.478 e. The number of carboxylic acids is 1. The fraction of sp³-hybridized carbons (Fsp3) is 0.167. The van der Waals surface area contributed by atoms with Gasteiger partial charge in [-0.25, -0.2) is 4.79 Å². The topological polar surface area (TPSA) is 75.2 Å². The number of nitrogens with one attached hydrogen (secondary N) is 1. The third-order valence-electron chi connectivity index (χ3n) is 5.08. The molecule has 3 aromatic carbocycles. The maximum atomic E-state index is 11.4. The molecule has 0 saturated heterocycles. The first kappa shape index (κ1) is 20.0. The van der Waals surface area contributed by atoms with E-state index in [0.717, 1.165) is 16.6 Å². The van der Waals surface area contributed by atoms with Crippen LogP contribution < -0.4 is 4.74 Å². The third kappa shape index (κ3) is 3.76. The highest BCUT2D eigenvalue weighted by Gasteiger charge is 2.15. The van der Waals surface area contributed by atoms with Gasteiger partial charge in [-0.2, -0.15) is 4.98 Å². The summed E-state index contributed by atoms with van der Waals surface area (Å²) in [4.78, 5) is 19.0. The Labute approximate surface area is 179 Å². The predicted octanol–water partition coefficient (Wildman–Crippen LogP) is 6.81. The lowest BCUT2D eigenvalue weighted by Crippen LogP contribution is -2.00. The van der Waals surface area contributed by atoms with Crippen LogP contribution in [0.5, 0.6) is 11.8 Å². The second-order valence-electron chi connectivity index (χ2n) is 7.52. The smallest absolute Gasteiger partial charge is 0.336 e. The molecule has 2 N–H and O–H groups in total. The van der Waals surface area contributed by atoms with Crippen molar-refractivity contribution in [2.45, 2.75) is 26.7 Å². The summed E-state index contributed by atoms with van der Waals surface area (Å²) in [6, 6.07) is 17.2. The van der Waals surface area contributed by atoms with Gasteiger partial charge < -0.3 is 14.8 Å². The Morgan fingerprint density at radius 2 is 1.87 bits per heavy atom. The van der Waals surface area contributed by atoms with Crippen LogP contribution in [0.2, 0.25) is 5.02 Å². The van der Waals surface area contributed by atoms with Gasteiger partial charge in [-0.05, 0) is 53.8 Å². The molecular formula is C24H21ClN2O3.